The molecule has 2 rings (SSSR count). The van der Waals surface area contributed by atoms with Crippen LogP contribution in [0.5, 0.6) is 0 Å². The number of rotatable bonds is 4. The number of pyridine rings is 1. The van der Waals surface area contributed by atoms with Crippen LogP contribution in [0.1, 0.15) is 24.3 Å². The van der Waals surface area contributed by atoms with Gasteiger partial charge in [-0.25, -0.2) is 4.79 Å². The summed E-state index contributed by atoms with van der Waals surface area (Å²) in [5.74, 6) is -0.844. The van der Waals surface area contributed by atoms with Gasteiger partial charge in [-0.2, -0.15) is 0 Å². The maximum absolute atomic E-state index is 12.2. The molecule has 1 N–H and O–H groups in total. The molecular weight excluding hydrogens is 256 g/mol. The van der Waals surface area contributed by atoms with E-state index in [1.54, 1.807) is 20.0 Å². The van der Waals surface area contributed by atoms with Gasteiger partial charge >= 0.3 is 5.97 Å². The second kappa shape index (κ2) is 6.14. The summed E-state index contributed by atoms with van der Waals surface area (Å²) in [4.78, 5) is 27.8. The zero-order valence-electron chi connectivity index (χ0n) is 11.4. The first-order valence-corrected chi connectivity index (χ1v) is 6.44. The average Bonchev–Trinajstić information content (AvgIpc) is 2.46. The third-order valence-electron chi connectivity index (χ3n) is 2.88. The summed E-state index contributed by atoms with van der Waals surface area (Å²) >= 11 is 0. The van der Waals surface area contributed by atoms with Crippen LogP contribution in [0.4, 0.5) is 0 Å². The van der Waals surface area contributed by atoms with Crippen LogP contribution in [0.25, 0.3) is 10.8 Å². The van der Waals surface area contributed by atoms with Crippen molar-refractivity contribution in [2.45, 2.75) is 19.9 Å². The Morgan fingerprint density at radius 1 is 1.30 bits per heavy atom. The Balaban J connectivity index is 2.22. The lowest BCUT2D eigenvalue weighted by Gasteiger charge is -2.13. The molecule has 1 aromatic carbocycles. The van der Waals surface area contributed by atoms with Gasteiger partial charge in [0.25, 0.3) is 5.91 Å². The molecule has 0 radical (unpaired) electrons. The van der Waals surface area contributed by atoms with Crippen LogP contribution in [0.15, 0.2) is 36.5 Å². The predicted octanol–water partition coefficient (Wildman–Crippen LogP) is 1.92. The molecule has 5 nitrogen and oxygen atoms in total. The molecule has 0 bridgehead atoms. The number of benzene rings is 1. The number of fused-ring (bicyclic) bond motifs is 1. The monoisotopic (exact) mass is 272 g/mol. The maximum atomic E-state index is 12.2. The highest BCUT2D eigenvalue weighted by atomic mass is 16.5. The number of hydrogen-bond acceptors (Lipinski definition) is 4. The quantitative estimate of drug-likeness (QED) is 0.863. The predicted molar refractivity (Wildman–Crippen MR) is 75.3 cm³/mol. The molecule has 0 spiro atoms. The molecule has 2 aromatic rings. The van der Waals surface area contributed by atoms with Crippen molar-refractivity contribution in [3.05, 3.63) is 42.2 Å². The summed E-state index contributed by atoms with van der Waals surface area (Å²) in [6.07, 6.45) is 1.58. The van der Waals surface area contributed by atoms with Crippen LogP contribution in [0, 0.1) is 0 Å². The van der Waals surface area contributed by atoms with Gasteiger partial charge in [-0.15, -0.1) is 0 Å². The topological polar surface area (TPSA) is 68.3 Å². The molecule has 104 valence electrons. The number of carbonyl (C=O) groups is 2. The summed E-state index contributed by atoms with van der Waals surface area (Å²) < 4.78 is 4.85. The molecule has 1 amide bonds. The van der Waals surface area contributed by atoms with Gasteiger partial charge < -0.3 is 10.1 Å². The highest BCUT2D eigenvalue weighted by molar-refractivity contribution is 6.06. The van der Waals surface area contributed by atoms with Crippen LogP contribution < -0.4 is 5.32 Å². The van der Waals surface area contributed by atoms with Crippen molar-refractivity contribution < 1.29 is 14.3 Å². The largest absolute Gasteiger partial charge is 0.464 e. The zero-order chi connectivity index (χ0) is 14.5. The standard InChI is InChI=1S/C15H16N2O3/c1-3-20-15(19)10(2)17-14(18)13-12-7-5-4-6-11(12)8-9-16-13/h4-10H,3H2,1-2H3,(H,17,18). The molecule has 1 heterocycles. The minimum Gasteiger partial charge on any atom is -0.464 e. The Morgan fingerprint density at radius 2 is 2.05 bits per heavy atom. The van der Waals surface area contributed by atoms with Crippen LogP contribution >= 0.6 is 0 Å². The minimum atomic E-state index is -0.705. The van der Waals surface area contributed by atoms with E-state index in [1.165, 1.54) is 0 Å². The number of nitrogens with one attached hydrogen (secondary N) is 1. The van der Waals surface area contributed by atoms with Crippen molar-refractivity contribution in [3.8, 4) is 0 Å². The molecule has 0 aliphatic heterocycles. The molecule has 1 atom stereocenters. The molecular formula is C15H16N2O3. The Kier molecular flexibility index (Phi) is 4.30. The average molecular weight is 272 g/mol. The number of carbonyl (C=O) groups excluding carboxylic acids is 2. The lowest BCUT2D eigenvalue weighted by molar-refractivity contribution is -0.144. The van der Waals surface area contributed by atoms with Crippen molar-refractivity contribution in [1.29, 1.82) is 0 Å². The van der Waals surface area contributed by atoms with Gasteiger partial charge in [-0.3, -0.25) is 9.78 Å². The van der Waals surface area contributed by atoms with Crippen molar-refractivity contribution in [3.63, 3.8) is 0 Å². The van der Waals surface area contributed by atoms with Crippen LogP contribution in [0.3, 0.4) is 0 Å². The van der Waals surface area contributed by atoms with E-state index in [4.69, 9.17) is 4.74 Å². The van der Waals surface area contributed by atoms with E-state index in [9.17, 15) is 9.59 Å². The Bertz CT molecular complexity index is 635. The molecule has 0 aliphatic carbocycles. The molecule has 0 aliphatic rings. The zero-order valence-corrected chi connectivity index (χ0v) is 11.4. The summed E-state index contributed by atoms with van der Waals surface area (Å²) in [6, 6.07) is 8.60. The van der Waals surface area contributed by atoms with E-state index in [0.717, 1.165) is 10.8 Å². The fourth-order valence-electron chi connectivity index (χ4n) is 1.89. The van der Waals surface area contributed by atoms with E-state index in [0.29, 0.717) is 5.69 Å². The molecule has 0 saturated carbocycles. The second-order valence-electron chi connectivity index (χ2n) is 4.33. The number of hydrogen-bond donors (Lipinski definition) is 1. The summed E-state index contributed by atoms with van der Waals surface area (Å²) in [5.41, 5.74) is 0.305. The van der Waals surface area contributed by atoms with Crippen molar-refractivity contribution in [2.75, 3.05) is 6.61 Å². The van der Waals surface area contributed by atoms with Gasteiger partial charge in [0, 0.05) is 11.6 Å². The third-order valence-corrected chi connectivity index (χ3v) is 2.88. The van der Waals surface area contributed by atoms with Gasteiger partial charge in [-0.05, 0) is 25.3 Å². The molecule has 0 saturated heterocycles. The minimum absolute atomic E-state index is 0.283. The maximum Gasteiger partial charge on any atom is 0.328 e. The summed E-state index contributed by atoms with van der Waals surface area (Å²) in [5, 5.41) is 4.28. The molecule has 1 aromatic heterocycles. The van der Waals surface area contributed by atoms with Crippen molar-refractivity contribution in [1.82, 2.24) is 10.3 Å². The lowest BCUT2D eigenvalue weighted by Crippen LogP contribution is -2.39. The lowest BCUT2D eigenvalue weighted by atomic mass is 10.1. The van der Waals surface area contributed by atoms with E-state index in [-0.39, 0.29) is 12.5 Å². The number of amides is 1. The molecule has 20 heavy (non-hydrogen) atoms. The van der Waals surface area contributed by atoms with Crippen molar-refractivity contribution in [2.24, 2.45) is 0 Å². The first kappa shape index (κ1) is 14.0. The first-order chi connectivity index (χ1) is 9.63. The summed E-state index contributed by atoms with van der Waals surface area (Å²) in [6.45, 7) is 3.59. The second-order valence-corrected chi connectivity index (χ2v) is 4.33. The van der Waals surface area contributed by atoms with Gasteiger partial charge in [0.1, 0.15) is 11.7 Å². The normalized spacial score (nSPS) is 11.9. The van der Waals surface area contributed by atoms with E-state index in [2.05, 4.69) is 10.3 Å². The van der Waals surface area contributed by atoms with Crippen LogP contribution in [0.2, 0.25) is 0 Å². The van der Waals surface area contributed by atoms with E-state index in [1.807, 2.05) is 30.3 Å². The molecule has 5 heteroatoms. The van der Waals surface area contributed by atoms with Crippen molar-refractivity contribution >= 4 is 22.6 Å². The highest BCUT2D eigenvalue weighted by Crippen LogP contribution is 2.16. The third kappa shape index (κ3) is 2.93. The molecule has 0 fully saturated rings. The first-order valence-electron chi connectivity index (χ1n) is 6.44. The number of aromatic nitrogens is 1. The van der Waals surface area contributed by atoms with Gasteiger partial charge in [0.2, 0.25) is 0 Å². The Morgan fingerprint density at radius 3 is 2.80 bits per heavy atom. The fraction of sp³-hybridized carbons (Fsp3) is 0.267. The Hall–Kier alpha value is -2.43. The number of esters is 1. The van der Waals surface area contributed by atoms with Gasteiger partial charge in [0.15, 0.2) is 0 Å². The number of ether oxygens (including phenoxy) is 1. The van der Waals surface area contributed by atoms with Crippen LogP contribution in [-0.4, -0.2) is 29.5 Å². The summed E-state index contributed by atoms with van der Waals surface area (Å²) in [7, 11) is 0. The van der Waals surface area contributed by atoms with Gasteiger partial charge in [0.05, 0.1) is 6.61 Å². The van der Waals surface area contributed by atoms with E-state index < -0.39 is 12.0 Å². The molecule has 1 unspecified atom stereocenters. The van der Waals surface area contributed by atoms with E-state index >= 15 is 0 Å². The van der Waals surface area contributed by atoms with Gasteiger partial charge in [-0.1, -0.05) is 24.3 Å². The SMILES string of the molecule is CCOC(=O)C(C)NC(=O)c1nccc2ccccc12. The fourth-order valence-corrected chi connectivity index (χ4v) is 1.89. The number of nitrogens with zero attached hydrogens (tertiary/aromatic N) is 1. The smallest absolute Gasteiger partial charge is 0.328 e. The van der Waals surface area contributed by atoms with Crippen LogP contribution in [-0.2, 0) is 9.53 Å². The Labute approximate surface area is 117 Å². The highest BCUT2D eigenvalue weighted by Gasteiger charge is 2.19.